The fourth-order valence-corrected chi connectivity index (χ4v) is 4.97. The van der Waals surface area contributed by atoms with Crippen molar-refractivity contribution in [2.45, 2.75) is 23.1 Å². The van der Waals surface area contributed by atoms with Gasteiger partial charge in [-0.2, -0.15) is 0 Å². The summed E-state index contributed by atoms with van der Waals surface area (Å²) >= 11 is 1.15. The minimum atomic E-state index is -3.85. The minimum Gasteiger partial charge on any atom is -0.280 e. The van der Waals surface area contributed by atoms with E-state index < -0.39 is 20.0 Å². The largest absolute Gasteiger partial charge is 0.280 e. The molecule has 0 unspecified atom stereocenters. The van der Waals surface area contributed by atoms with Gasteiger partial charge in [0, 0.05) is 18.1 Å². The molecule has 0 radical (unpaired) electrons. The van der Waals surface area contributed by atoms with E-state index >= 15 is 0 Å². The Morgan fingerprint density at radius 1 is 0.926 bits per heavy atom. The number of nitrogens with one attached hydrogen (secondary N) is 2. The van der Waals surface area contributed by atoms with Crippen LogP contribution in [0.3, 0.4) is 0 Å². The van der Waals surface area contributed by atoms with Crippen molar-refractivity contribution < 1.29 is 16.8 Å². The third kappa shape index (κ3) is 4.59. The molecule has 1 aromatic carbocycles. The number of rotatable bonds is 7. The number of benzene rings is 1. The first-order valence-corrected chi connectivity index (χ1v) is 11.5. The van der Waals surface area contributed by atoms with E-state index in [9.17, 15) is 16.8 Å². The third-order valence-corrected chi connectivity index (χ3v) is 7.19. The summed E-state index contributed by atoms with van der Waals surface area (Å²) in [5.41, 5.74) is 0.224. The van der Waals surface area contributed by atoms with E-state index in [2.05, 4.69) is 24.6 Å². The van der Waals surface area contributed by atoms with Crippen LogP contribution in [0.5, 0.6) is 0 Å². The molecule has 27 heavy (non-hydrogen) atoms. The molecule has 2 aromatic heterocycles. The Hall–Kier alpha value is -2.57. The SMILES string of the molecule is CCc1nnc(NS(=O)(=O)c2ccc(NS(=O)(=O)c3cccnc3)cc2)s1. The molecule has 142 valence electrons. The summed E-state index contributed by atoms with van der Waals surface area (Å²) < 4.78 is 54.0. The number of pyridine rings is 1. The average Bonchev–Trinajstić information content (AvgIpc) is 3.09. The molecule has 0 amide bonds. The number of hydrogen-bond donors (Lipinski definition) is 2. The van der Waals surface area contributed by atoms with Gasteiger partial charge in [0.2, 0.25) is 5.13 Å². The zero-order valence-electron chi connectivity index (χ0n) is 14.0. The minimum absolute atomic E-state index is 0.00589. The highest BCUT2D eigenvalue weighted by atomic mass is 32.2. The topological polar surface area (TPSA) is 131 Å². The van der Waals surface area contributed by atoms with Crippen molar-refractivity contribution >= 4 is 42.2 Å². The molecule has 0 aliphatic rings. The Kier molecular flexibility index (Phi) is 5.39. The predicted octanol–water partition coefficient (Wildman–Crippen LogP) is 2.10. The molecule has 0 bridgehead atoms. The maximum Gasteiger partial charge on any atom is 0.263 e. The first-order valence-electron chi connectivity index (χ1n) is 7.68. The van der Waals surface area contributed by atoms with Crippen LogP contribution in [-0.2, 0) is 26.5 Å². The number of hydrogen-bond acceptors (Lipinski definition) is 8. The summed E-state index contributed by atoms with van der Waals surface area (Å²) in [6.07, 6.45) is 3.34. The summed E-state index contributed by atoms with van der Waals surface area (Å²) in [7, 11) is -7.65. The summed E-state index contributed by atoms with van der Waals surface area (Å²) in [6.45, 7) is 1.89. The van der Waals surface area contributed by atoms with Crippen molar-refractivity contribution in [3.05, 3.63) is 53.8 Å². The lowest BCUT2D eigenvalue weighted by Gasteiger charge is -2.09. The molecule has 3 aromatic rings. The molecule has 0 aliphatic heterocycles. The Bertz CT molecular complexity index is 1130. The van der Waals surface area contributed by atoms with E-state index in [1.54, 1.807) is 0 Å². The Morgan fingerprint density at radius 3 is 2.22 bits per heavy atom. The van der Waals surface area contributed by atoms with Crippen molar-refractivity contribution in [2.75, 3.05) is 9.44 Å². The van der Waals surface area contributed by atoms with Crippen molar-refractivity contribution in [1.29, 1.82) is 0 Å². The van der Waals surface area contributed by atoms with Gasteiger partial charge in [-0.05, 0) is 42.8 Å². The maximum atomic E-state index is 12.4. The molecule has 0 aliphatic carbocycles. The van der Waals surface area contributed by atoms with Crippen LogP contribution in [0.25, 0.3) is 0 Å². The maximum absolute atomic E-state index is 12.4. The molecule has 12 heteroatoms. The molecule has 9 nitrogen and oxygen atoms in total. The molecule has 0 saturated heterocycles. The molecule has 2 N–H and O–H groups in total. The first-order chi connectivity index (χ1) is 12.8. The van der Waals surface area contributed by atoms with Crippen molar-refractivity contribution in [3.63, 3.8) is 0 Å². The Labute approximate surface area is 160 Å². The molecule has 0 atom stereocenters. The van der Waals surface area contributed by atoms with Crippen LogP contribution in [0.2, 0.25) is 0 Å². The van der Waals surface area contributed by atoms with Crippen molar-refractivity contribution in [2.24, 2.45) is 0 Å². The van der Waals surface area contributed by atoms with Gasteiger partial charge in [-0.3, -0.25) is 14.4 Å². The van der Waals surface area contributed by atoms with Gasteiger partial charge in [0.1, 0.15) is 9.90 Å². The van der Waals surface area contributed by atoms with E-state index in [-0.39, 0.29) is 20.6 Å². The fourth-order valence-electron chi connectivity index (χ4n) is 2.03. The molecule has 2 heterocycles. The molecule has 0 spiro atoms. The number of anilines is 2. The quantitative estimate of drug-likeness (QED) is 0.592. The van der Waals surface area contributed by atoms with E-state index in [4.69, 9.17) is 0 Å². The van der Waals surface area contributed by atoms with Crippen LogP contribution in [0.4, 0.5) is 10.8 Å². The van der Waals surface area contributed by atoms with Gasteiger partial charge in [-0.25, -0.2) is 16.8 Å². The van der Waals surface area contributed by atoms with Crippen LogP contribution < -0.4 is 9.44 Å². The number of aryl methyl sites for hydroxylation is 1. The van der Waals surface area contributed by atoms with Gasteiger partial charge in [0.15, 0.2) is 0 Å². The molecular formula is C15H15N5O4S3. The van der Waals surface area contributed by atoms with Crippen molar-refractivity contribution in [3.8, 4) is 0 Å². The highest BCUT2D eigenvalue weighted by Gasteiger charge is 2.18. The van der Waals surface area contributed by atoms with E-state index in [1.165, 1.54) is 48.8 Å². The lowest BCUT2D eigenvalue weighted by atomic mass is 10.3. The van der Waals surface area contributed by atoms with Crippen LogP contribution in [0.15, 0.2) is 58.6 Å². The summed E-state index contributed by atoms with van der Waals surface area (Å²) in [6, 6.07) is 8.23. The smallest absolute Gasteiger partial charge is 0.263 e. The van der Waals surface area contributed by atoms with Gasteiger partial charge in [0.05, 0.1) is 4.90 Å². The van der Waals surface area contributed by atoms with Crippen LogP contribution in [-0.4, -0.2) is 32.0 Å². The van der Waals surface area contributed by atoms with Gasteiger partial charge in [-0.1, -0.05) is 18.3 Å². The van der Waals surface area contributed by atoms with Gasteiger partial charge >= 0.3 is 0 Å². The first kappa shape index (κ1) is 19.2. The lowest BCUT2D eigenvalue weighted by Crippen LogP contribution is -2.14. The molecule has 0 saturated carbocycles. The Morgan fingerprint density at radius 2 is 1.63 bits per heavy atom. The zero-order chi connectivity index (χ0) is 19.5. The third-order valence-electron chi connectivity index (χ3n) is 3.35. The zero-order valence-corrected chi connectivity index (χ0v) is 16.5. The number of nitrogens with zero attached hydrogens (tertiary/aromatic N) is 3. The van der Waals surface area contributed by atoms with E-state index in [1.807, 2.05) is 6.92 Å². The highest BCUT2D eigenvalue weighted by molar-refractivity contribution is 7.93. The second-order valence-corrected chi connectivity index (χ2v) is 9.71. The van der Waals surface area contributed by atoms with E-state index in [0.29, 0.717) is 11.4 Å². The van der Waals surface area contributed by atoms with Gasteiger partial charge < -0.3 is 0 Å². The standard InChI is InChI=1S/C15H15N5O4S3/c1-2-14-17-18-15(25-14)20-26(21,22)12-7-5-11(6-8-12)19-27(23,24)13-4-3-9-16-10-13/h3-10,19H,2H2,1H3,(H,18,20). The lowest BCUT2D eigenvalue weighted by molar-refractivity contribution is 0.599. The second-order valence-electron chi connectivity index (χ2n) is 5.28. The van der Waals surface area contributed by atoms with Gasteiger partial charge in [-0.15, -0.1) is 10.2 Å². The van der Waals surface area contributed by atoms with Crippen LogP contribution in [0, 0.1) is 0 Å². The van der Waals surface area contributed by atoms with Crippen molar-refractivity contribution in [1.82, 2.24) is 15.2 Å². The molecular weight excluding hydrogens is 410 g/mol. The van der Waals surface area contributed by atoms with E-state index in [0.717, 1.165) is 11.3 Å². The second kappa shape index (κ2) is 7.58. The fraction of sp³-hybridized carbons (Fsp3) is 0.133. The predicted molar refractivity (Wildman–Crippen MR) is 102 cm³/mol. The number of sulfonamides is 2. The molecule has 3 rings (SSSR count). The van der Waals surface area contributed by atoms with Crippen LogP contribution in [0.1, 0.15) is 11.9 Å². The normalized spacial score (nSPS) is 11.9. The monoisotopic (exact) mass is 425 g/mol. The number of aromatic nitrogens is 3. The Balaban J connectivity index is 1.76. The van der Waals surface area contributed by atoms with Gasteiger partial charge in [0.25, 0.3) is 20.0 Å². The highest BCUT2D eigenvalue weighted by Crippen LogP contribution is 2.22. The molecule has 0 fully saturated rings. The summed E-state index contributed by atoms with van der Waals surface area (Å²) in [5, 5.41) is 8.52. The summed E-state index contributed by atoms with van der Waals surface area (Å²) in [5.74, 6) is 0. The van der Waals surface area contributed by atoms with Crippen LogP contribution >= 0.6 is 11.3 Å². The average molecular weight is 426 g/mol. The summed E-state index contributed by atoms with van der Waals surface area (Å²) in [4.78, 5) is 3.75.